The number of aliphatic hydroxyl groups is 1. The fourth-order valence-corrected chi connectivity index (χ4v) is 3.50. The largest absolute Gasteiger partial charge is 0.442 e. The summed E-state index contributed by atoms with van der Waals surface area (Å²) in [7, 11) is 0. The Hall–Kier alpha value is -2.67. The van der Waals surface area contributed by atoms with Crippen LogP contribution in [0.15, 0.2) is 12.1 Å². The summed E-state index contributed by atoms with van der Waals surface area (Å²) >= 11 is 4.45. The summed E-state index contributed by atoms with van der Waals surface area (Å²) in [5.41, 5.74) is -0.357. The van der Waals surface area contributed by atoms with E-state index < -0.39 is 47.8 Å². The van der Waals surface area contributed by atoms with Gasteiger partial charge in [0.1, 0.15) is 23.4 Å². The minimum absolute atomic E-state index is 0.0724. The average molecular weight is 464 g/mol. The molecule has 0 aromatic heterocycles. The number of hydrogen-bond donors (Lipinski definition) is 2. The number of anilines is 2. The number of hydrogen-bond acceptors (Lipinski definition) is 6. The van der Waals surface area contributed by atoms with E-state index in [4.69, 9.17) is 9.84 Å². The number of nitrogens with zero attached hydrogens (tertiary/aromatic N) is 3. The van der Waals surface area contributed by atoms with E-state index in [2.05, 4.69) is 17.5 Å². The Morgan fingerprint density at radius 3 is 2.39 bits per heavy atom. The van der Waals surface area contributed by atoms with Gasteiger partial charge in [0.05, 0.1) is 18.8 Å². The molecule has 2 saturated heterocycles. The summed E-state index contributed by atoms with van der Waals surface area (Å²) in [4.78, 5) is 26.8. The fraction of sp³-hybridized carbons (Fsp3) is 0.500. The zero-order chi connectivity index (χ0) is 22.7. The molecule has 0 bridgehead atoms. The van der Waals surface area contributed by atoms with Crippen LogP contribution in [0, 0.1) is 11.6 Å². The second kappa shape index (κ2) is 9.64. The summed E-state index contributed by atoms with van der Waals surface area (Å²) in [5, 5.41) is 11.2. The third kappa shape index (κ3) is 5.15. The van der Waals surface area contributed by atoms with Crippen LogP contribution < -0.4 is 15.1 Å². The minimum atomic E-state index is -2.84. The molecule has 2 aliphatic heterocycles. The van der Waals surface area contributed by atoms with E-state index in [1.54, 1.807) is 0 Å². The lowest BCUT2D eigenvalue weighted by molar-refractivity contribution is -0.134. The van der Waals surface area contributed by atoms with Crippen molar-refractivity contribution >= 4 is 40.6 Å². The predicted octanol–water partition coefficient (Wildman–Crippen LogP) is 1.11. The second-order valence-corrected chi connectivity index (χ2v) is 7.39. The maximum Gasteiger partial charge on any atom is 0.414 e. The lowest BCUT2D eigenvalue weighted by atomic mass is 10.2. The molecule has 13 heteroatoms. The van der Waals surface area contributed by atoms with Crippen molar-refractivity contribution in [3.63, 3.8) is 0 Å². The van der Waals surface area contributed by atoms with Crippen LogP contribution in [0.1, 0.15) is 0 Å². The van der Waals surface area contributed by atoms with Crippen molar-refractivity contribution in [2.45, 2.75) is 12.5 Å². The van der Waals surface area contributed by atoms with Crippen LogP contribution in [-0.2, 0) is 9.53 Å². The Bertz CT molecular complexity index is 844. The number of ether oxygens (including phenoxy) is 1. The molecule has 2 fully saturated rings. The van der Waals surface area contributed by atoms with Crippen molar-refractivity contribution < 1.29 is 37.0 Å². The molecule has 170 valence electrons. The molecule has 2 heterocycles. The van der Waals surface area contributed by atoms with E-state index >= 15 is 0 Å². The van der Waals surface area contributed by atoms with Crippen molar-refractivity contribution in [1.82, 2.24) is 10.2 Å². The molecule has 2 N–H and O–H groups in total. The molecule has 0 spiro atoms. The first kappa shape index (κ1) is 23.0. The average Bonchev–Trinajstić information content (AvgIpc) is 3.11. The SMILES string of the molecule is O=C(CO)N1CCN(c2c(F)cc(N3C[C@H](CNC(=S)C(F)F)OC3=O)cc2F)CC1. The zero-order valence-corrected chi connectivity index (χ0v) is 17.0. The van der Waals surface area contributed by atoms with E-state index in [0.717, 1.165) is 17.0 Å². The molecule has 0 radical (unpaired) electrons. The van der Waals surface area contributed by atoms with Crippen LogP contribution in [-0.4, -0.2) is 85.4 Å². The Kier molecular flexibility index (Phi) is 7.15. The summed E-state index contributed by atoms with van der Waals surface area (Å²) in [5.74, 6) is -2.25. The molecule has 0 saturated carbocycles. The predicted molar refractivity (Wildman–Crippen MR) is 106 cm³/mol. The van der Waals surface area contributed by atoms with Gasteiger partial charge in [0, 0.05) is 38.3 Å². The topological polar surface area (TPSA) is 85.3 Å². The number of alkyl halides is 2. The number of cyclic esters (lactones) is 1. The summed E-state index contributed by atoms with van der Waals surface area (Å²) in [6.45, 7) is -0.150. The lowest BCUT2D eigenvalue weighted by Gasteiger charge is -2.36. The van der Waals surface area contributed by atoms with Gasteiger partial charge >= 0.3 is 6.09 Å². The van der Waals surface area contributed by atoms with E-state index in [9.17, 15) is 27.2 Å². The first-order chi connectivity index (χ1) is 14.7. The quantitative estimate of drug-likeness (QED) is 0.482. The van der Waals surface area contributed by atoms with Crippen molar-refractivity contribution in [3.8, 4) is 0 Å². The van der Waals surface area contributed by atoms with Crippen molar-refractivity contribution in [1.29, 1.82) is 0 Å². The van der Waals surface area contributed by atoms with Gasteiger partial charge < -0.3 is 25.0 Å². The number of nitrogens with one attached hydrogen (secondary N) is 1. The number of benzene rings is 1. The number of rotatable bonds is 6. The van der Waals surface area contributed by atoms with Gasteiger partial charge in [0.2, 0.25) is 5.91 Å². The Labute approximate surface area is 180 Å². The Balaban J connectivity index is 1.67. The molecular formula is C18H20F4N4O4S. The molecule has 2 amide bonds. The second-order valence-electron chi connectivity index (χ2n) is 6.95. The standard InChI is InChI=1S/C18H20F4N4O4S/c19-12-5-10(26-8-11(30-18(26)29)7-23-17(31)16(21)22)6-13(20)15(12)25-3-1-24(2-4-25)14(28)9-27/h5-6,11,16,27H,1-4,7-9H2,(H,23,31)/t11-/m0/s1. The molecular weight excluding hydrogens is 444 g/mol. The number of amides is 2. The minimum Gasteiger partial charge on any atom is -0.442 e. The fourth-order valence-electron chi connectivity index (χ4n) is 3.42. The highest BCUT2D eigenvalue weighted by atomic mass is 32.1. The van der Waals surface area contributed by atoms with Crippen molar-refractivity contribution in [2.24, 2.45) is 0 Å². The Morgan fingerprint density at radius 2 is 1.84 bits per heavy atom. The number of piperazine rings is 1. The van der Waals surface area contributed by atoms with Gasteiger partial charge in [-0.05, 0) is 0 Å². The third-order valence-electron chi connectivity index (χ3n) is 4.97. The van der Waals surface area contributed by atoms with Crippen LogP contribution >= 0.6 is 12.2 Å². The molecule has 1 atom stereocenters. The maximum absolute atomic E-state index is 14.7. The summed E-state index contributed by atoms with van der Waals surface area (Å²) < 4.78 is 59.4. The molecule has 8 nitrogen and oxygen atoms in total. The van der Waals surface area contributed by atoms with Gasteiger partial charge in [-0.15, -0.1) is 0 Å². The first-order valence-corrected chi connectivity index (χ1v) is 9.78. The normalized spacial score (nSPS) is 19.1. The number of thiocarbonyl (C=S) groups is 1. The van der Waals surface area contributed by atoms with Crippen LogP contribution in [0.4, 0.5) is 33.7 Å². The molecule has 3 rings (SSSR count). The summed E-state index contributed by atoms with van der Waals surface area (Å²) in [6, 6.07) is 1.98. The van der Waals surface area contributed by atoms with Crippen molar-refractivity contribution in [2.75, 3.05) is 55.7 Å². The third-order valence-corrected chi connectivity index (χ3v) is 5.30. The van der Waals surface area contributed by atoms with Gasteiger partial charge in [-0.2, -0.15) is 0 Å². The van der Waals surface area contributed by atoms with E-state index in [1.165, 1.54) is 9.80 Å². The number of aliphatic hydroxyl groups excluding tert-OH is 1. The van der Waals surface area contributed by atoms with Crippen LogP contribution in [0.2, 0.25) is 0 Å². The molecule has 0 aliphatic carbocycles. The number of halogens is 4. The smallest absolute Gasteiger partial charge is 0.414 e. The lowest BCUT2D eigenvalue weighted by Crippen LogP contribution is -2.50. The molecule has 1 aromatic carbocycles. The summed E-state index contributed by atoms with van der Waals surface area (Å²) in [6.07, 6.45) is -4.54. The van der Waals surface area contributed by atoms with E-state index in [-0.39, 0.29) is 50.6 Å². The van der Waals surface area contributed by atoms with Gasteiger partial charge in [-0.25, -0.2) is 22.4 Å². The van der Waals surface area contributed by atoms with E-state index in [1.807, 2.05) is 0 Å². The van der Waals surface area contributed by atoms with Crippen LogP contribution in [0.5, 0.6) is 0 Å². The molecule has 0 unspecified atom stereocenters. The van der Waals surface area contributed by atoms with Gasteiger partial charge in [-0.3, -0.25) is 9.69 Å². The monoisotopic (exact) mass is 464 g/mol. The van der Waals surface area contributed by atoms with Gasteiger partial charge in [0.15, 0.2) is 11.6 Å². The molecule has 31 heavy (non-hydrogen) atoms. The van der Waals surface area contributed by atoms with E-state index in [0.29, 0.717) is 0 Å². The van der Waals surface area contributed by atoms with Crippen LogP contribution in [0.25, 0.3) is 0 Å². The zero-order valence-electron chi connectivity index (χ0n) is 16.2. The molecule has 2 aliphatic rings. The van der Waals surface area contributed by atoms with Gasteiger partial charge in [-0.1, -0.05) is 12.2 Å². The number of carbonyl (C=O) groups is 2. The molecule has 1 aromatic rings. The van der Waals surface area contributed by atoms with Crippen LogP contribution in [0.3, 0.4) is 0 Å². The highest BCUT2D eigenvalue weighted by Gasteiger charge is 2.34. The van der Waals surface area contributed by atoms with Crippen molar-refractivity contribution in [3.05, 3.63) is 23.8 Å². The maximum atomic E-state index is 14.7. The number of carbonyl (C=O) groups excluding carboxylic acids is 2. The first-order valence-electron chi connectivity index (χ1n) is 9.38. The highest BCUT2D eigenvalue weighted by Crippen LogP contribution is 2.31. The van der Waals surface area contributed by atoms with Gasteiger partial charge in [0.25, 0.3) is 6.43 Å². The Morgan fingerprint density at radius 1 is 1.23 bits per heavy atom. The highest BCUT2D eigenvalue weighted by molar-refractivity contribution is 7.80.